The van der Waals surface area contributed by atoms with Gasteiger partial charge in [0.1, 0.15) is 35.7 Å². The first kappa shape index (κ1) is 34.3. The van der Waals surface area contributed by atoms with Crippen LogP contribution >= 0.6 is 0 Å². The van der Waals surface area contributed by atoms with E-state index in [1.165, 1.54) is 0 Å². The van der Waals surface area contributed by atoms with E-state index in [1.54, 1.807) is 30.3 Å². The van der Waals surface area contributed by atoms with Crippen LogP contribution in [0.25, 0.3) is 11.1 Å². The van der Waals surface area contributed by atoms with Gasteiger partial charge in [-0.15, -0.1) is 0 Å². The number of aliphatic imine (C=N–C) groups is 2. The highest BCUT2D eigenvalue weighted by Gasteiger charge is 2.20. The fourth-order valence-corrected chi connectivity index (χ4v) is 5.33. The molecule has 6 aromatic rings. The maximum Gasteiger partial charge on any atom is 0.135 e. The smallest absolute Gasteiger partial charge is 0.135 e. The summed E-state index contributed by atoms with van der Waals surface area (Å²) in [5.74, 6) is 7.73. The second-order valence-electron chi connectivity index (χ2n) is 12.2. The van der Waals surface area contributed by atoms with Crippen LogP contribution in [0.3, 0.4) is 0 Å². The summed E-state index contributed by atoms with van der Waals surface area (Å²) in [5, 5.41) is 22.0. The van der Waals surface area contributed by atoms with Gasteiger partial charge in [0.25, 0.3) is 0 Å². The number of nitrogens with zero attached hydrogens (tertiary/aromatic N) is 2. The first-order valence-electron chi connectivity index (χ1n) is 16.8. The van der Waals surface area contributed by atoms with Gasteiger partial charge in [0.15, 0.2) is 0 Å². The maximum atomic E-state index is 11.0. The zero-order valence-corrected chi connectivity index (χ0v) is 28.5. The molecule has 51 heavy (non-hydrogen) atoms. The van der Waals surface area contributed by atoms with Crippen LogP contribution in [-0.4, -0.2) is 34.7 Å². The van der Waals surface area contributed by atoms with Gasteiger partial charge < -0.3 is 19.7 Å². The van der Waals surface area contributed by atoms with Crippen LogP contribution in [0.2, 0.25) is 0 Å². The van der Waals surface area contributed by atoms with E-state index >= 15 is 0 Å². The Hall–Kier alpha value is -6.58. The summed E-state index contributed by atoms with van der Waals surface area (Å²) in [5.41, 5.74) is 5.57. The van der Waals surface area contributed by atoms with Crippen LogP contribution < -0.4 is 9.47 Å². The van der Waals surface area contributed by atoms with Crippen molar-refractivity contribution < 1.29 is 19.7 Å². The molecule has 6 heteroatoms. The van der Waals surface area contributed by atoms with E-state index in [0.717, 1.165) is 22.5 Å². The SMILES string of the molecule is CC(C)C(COc1ccc(O)c(C(=C=Nc2ccccc2)c2ccccc2)c1)Oc1ccc(O)c(C(=C=Nc2ccccc2)c2ccccc2)c1. The Labute approximate surface area is 298 Å². The molecule has 0 saturated carbocycles. The number of para-hydroxylation sites is 2. The quantitative estimate of drug-likeness (QED) is 0.127. The van der Waals surface area contributed by atoms with Crippen molar-refractivity contribution in [2.24, 2.45) is 15.9 Å². The van der Waals surface area contributed by atoms with Gasteiger partial charge >= 0.3 is 0 Å². The van der Waals surface area contributed by atoms with E-state index in [4.69, 9.17) is 9.47 Å². The third-order valence-corrected chi connectivity index (χ3v) is 8.15. The number of hydrogen-bond donors (Lipinski definition) is 2. The molecule has 252 valence electrons. The number of phenols is 2. The standard InChI is InChI=1S/C45H38N2O4/c1-32(2)45(51-38-24-26-44(49)40(28-38)42(34-17-9-4-10-18-34)30-47-36-21-13-6-14-22-36)31-50-37-23-25-43(48)39(27-37)41(33-15-7-3-8-16-33)29-46-35-19-11-5-12-20-35/h3-28,32,45,48-49H,31H2,1-2H3. The van der Waals surface area contributed by atoms with Gasteiger partial charge in [-0.3, -0.25) is 0 Å². The van der Waals surface area contributed by atoms with Crippen LogP contribution in [0.4, 0.5) is 11.4 Å². The van der Waals surface area contributed by atoms with Crippen molar-refractivity contribution >= 4 is 34.3 Å². The lowest BCUT2D eigenvalue weighted by atomic mass is 9.98. The normalized spacial score (nSPS) is 11.1. The van der Waals surface area contributed by atoms with E-state index < -0.39 is 0 Å². The minimum Gasteiger partial charge on any atom is -0.507 e. The summed E-state index contributed by atoms with van der Waals surface area (Å²) >= 11 is 0. The predicted molar refractivity (Wildman–Crippen MR) is 206 cm³/mol. The topological polar surface area (TPSA) is 83.6 Å². The lowest BCUT2D eigenvalue weighted by Crippen LogP contribution is -2.30. The second-order valence-corrected chi connectivity index (χ2v) is 12.2. The monoisotopic (exact) mass is 670 g/mol. The van der Waals surface area contributed by atoms with Crippen molar-refractivity contribution in [1.29, 1.82) is 0 Å². The van der Waals surface area contributed by atoms with Crippen molar-refractivity contribution in [2.45, 2.75) is 20.0 Å². The molecule has 1 unspecified atom stereocenters. The minimum atomic E-state index is -0.342. The zero-order chi connectivity index (χ0) is 35.4. The van der Waals surface area contributed by atoms with Gasteiger partial charge in [0.2, 0.25) is 0 Å². The summed E-state index contributed by atoms with van der Waals surface area (Å²) in [7, 11) is 0. The van der Waals surface area contributed by atoms with Gasteiger partial charge in [0, 0.05) is 11.1 Å². The molecule has 0 fully saturated rings. The Kier molecular flexibility index (Phi) is 11.2. The minimum absolute atomic E-state index is 0.0837. The molecule has 0 radical (unpaired) electrons. The number of rotatable bonds is 12. The Balaban J connectivity index is 1.27. The van der Waals surface area contributed by atoms with E-state index in [2.05, 4.69) is 35.6 Å². The van der Waals surface area contributed by atoms with E-state index in [9.17, 15) is 10.2 Å². The van der Waals surface area contributed by atoms with Crippen LogP contribution in [0.5, 0.6) is 23.0 Å². The molecular formula is C45H38N2O4. The first-order valence-corrected chi connectivity index (χ1v) is 16.8. The largest absolute Gasteiger partial charge is 0.507 e. The molecule has 0 aliphatic carbocycles. The highest BCUT2D eigenvalue weighted by Crippen LogP contribution is 2.35. The number of benzene rings is 6. The van der Waals surface area contributed by atoms with Crippen LogP contribution in [-0.2, 0) is 0 Å². The molecular weight excluding hydrogens is 633 g/mol. The lowest BCUT2D eigenvalue weighted by molar-refractivity contribution is 0.0911. The van der Waals surface area contributed by atoms with Crippen molar-refractivity contribution in [3.8, 4) is 23.0 Å². The summed E-state index contributed by atoms with van der Waals surface area (Å²) in [6.45, 7) is 4.36. The number of ether oxygens (including phenoxy) is 2. The summed E-state index contributed by atoms with van der Waals surface area (Å²) in [4.78, 5) is 9.12. The molecule has 0 aromatic heterocycles. The lowest BCUT2D eigenvalue weighted by Gasteiger charge is -2.24. The van der Waals surface area contributed by atoms with Crippen molar-refractivity contribution in [3.05, 3.63) is 180 Å². The third-order valence-electron chi connectivity index (χ3n) is 8.15. The van der Waals surface area contributed by atoms with Crippen LogP contribution in [0.1, 0.15) is 36.1 Å². The molecule has 6 rings (SSSR count). The molecule has 1 atom stereocenters. The molecule has 0 spiro atoms. The van der Waals surface area contributed by atoms with Gasteiger partial charge in [-0.05, 0) is 89.4 Å². The molecule has 0 saturated heterocycles. The molecule has 0 heterocycles. The average Bonchev–Trinajstić information content (AvgIpc) is 3.17. The Morgan fingerprint density at radius 2 is 0.961 bits per heavy atom. The Bertz CT molecular complexity index is 2190. The first-order chi connectivity index (χ1) is 24.9. The third kappa shape index (κ3) is 9.11. The molecule has 0 amide bonds. The van der Waals surface area contributed by atoms with Gasteiger partial charge in [-0.2, -0.15) is 0 Å². The molecule has 6 nitrogen and oxygen atoms in total. The van der Waals surface area contributed by atoms with Crippen molar-refractivity contribution in [3.63, 3.8) is 0 Å². The highest BCUT2D eigenvalue weighted by atomic mass is 16.5. The molecule has 0 bridgehead atoms. The van der Waals surface area contributed by atoms with E-state index in [-0.39, 0.29) is 30.1 Å². The fourth-order valence-electron chi connectivity index (χ4n) is 5.33. The number of aromatic hydroxyl groups is 2. The molecule has 6 aromatic carbocycles. The molecule has 0 aliphatic heterocycles. The van der Waals surface area contributed by atoms with E-state index in [1.807, 2.05) is 127 Å². The zero-order valence-electron chi connectivity index (χ0n) is 28.5. The van der Waals surface area contributed by atoms with Gasteiger partial charge in [-0.1, -0.05) is 111 Å². The number of hydrogen-bond acceptors (Lipinski definition) is 6. The van der Waals surface area contributed by atoms with Crippen molar-refractivity contribution in [1.82, 2.24) is 0 Å². The van der Waals surface area contributed by atoms with E-state index in [0.29, 0.717) is 33.8 Å². The fraction of sp³-hybridized carbons (Fsp3) is 0.111. The van der Waals surface area contributed by atoms with Crippen LogP contribution in [0, 0.1) is 5.92 Å². The summed E-state index contributed by atoms with van der Waals surface area (Å²) in [6.07, 6.45) is -0.342. The Morgan fingerprint density at radius 1 is 0.549 bits per heavy atom. The van der Waals surface area contributed by atoms with Gasteiger partial charge in [-0.25, -0.2) is 9.98 Å². The highest BCUT2D eigenvalue weighted by molar-refractivity contribution is 6.02. The summed E-state index contributed by atoms with van der Waals surface area (Å²) in [6, 6.07) is 48.9. The molecule has 2 N–H and O–H groups in total. The molecule has 0 aliphatic rings. The number of phenolic OH excluding ortho intramolecular Hbond substituents is 2. The maximum absolute atomic E-state index is 11.0. The van der Waals surface area contributed by atoms with Gasteiger partial charge in [0.05, 0.1) is 22.5 Å². The van der Waals surface area contributed by atoms with Crippen molar-refractivity contribution in [2.75, 3.05) is 6.61 Å². The second kappa shape index (κ2) is 16.7. The summed E-state index contributed by atoms with van der Waals surface area (Å²) < 4.78 is 12.8. The average molecular weight is 671 g/mol. The predicted octanol–water partition coefficient (Wildman–Crippen LogP) is 10.4. The van der Waals surface area contributed by atoms with Crippen LogP contribution in [0.15, 0.2) is 168 Å². The Morgan fingerprint density at radius 3 is 1.41 bits per heavy atom.